The number of carbonyl (C=O) groups is 4. The minimum Gasteiger partial charge on any atom is -0.465 e. The van der Waals surface area contributed by atoms with Gasteiger partial charge >= 0.3 is 18.2 Å². The maximum atomic E-state index is 14.4. The molecule has 2 atom stereocenters. The van der Waals surface area contributed by atoms with Crippen molar-refractivity contribution < 1.29 is 41.8 Å². The standard InChI is InChI=1S/C33H36F3N5O6S/c1-2-46-26(42)19-38-28(27(21-10-5-3-6-11-21)22-12-7-4-8-13-22)31(44)41-17-9-14-24(41)30(43)39-18-23-15-16-25(48-23)29(37)40-32(45)47-20-33(34,35)36/h3-8,10-13,15-16,24,27-28,38H,2,9,14,17-20H2,1H3,(H,39,43)(H2,37,40,45)/t24-,28+/m0/s1. The summed E-state index contributed by atoms with van der Waals surface area (Å²) in [5.74, 6) is -2.04. The number of amidine groups is 1. The summed E-state index contributed by atoms with van der Waals surface area (Å²) in [6, 6.07) is 20.4. The van der Waals surface area contributed by atoms with Crippen LogP contribution in [-0.4, -0.2) is 79.2 Å². The Morgan fingerprint density at radius 3 is 2.25 bits per heavy atom. The van der Waals surface area contributed by atoms with Crippen molar-refractivity contribution in [1.82, 2.24) is 15.5 Å². The molecule has 0 spiro atoms. The molecule has 4 N–H and O–H groups in total. The minimum atomic E-state index is -4.70. The number of amides is 3. The van der Waals surface area contributed by atoms with Crippen molar-refractivity contribution in [3.63, 3.8) is 0 Å². The number of nitrogens with zero attached hydrogens (tertiary/aromatic N) is 2. The molecule has 0 bridgehead atoms. The molecule has 0 unspecified atom stereocenters. The molecule has 15 heteroatoms. The van der Waals surface area contributed by atoms with Crippen LogP contribution in [0.15, 0.2) is 77.8 Å². The molecule has 3 amide bonds. The predicted molar refractivity (Wildman–Crippen MR) is 172 cm³/mol. The van der Waals surface area contributed by atoms with Crippen molar-refractivity contribution in [2.24, 2.45) is 10.7 Å². The second-order valence-electron chi connectivity index (χ2n) is 10.8. The van der Waals surface area contributed by atoms with Gasteiger partial charge < -0.3 is 25.4 Å². The van der Waals surface area contributed by atoms with Gasteiger partial charge in [-0.15, -0.1) is 11.3 Å². The van der Waals surface area contributed by atoms with Gasteiger partial charge in [0, 0.05) is 17.3 Å². The highest BCUT2D eigenvalue weighted by Crippen LogP contribution is 2.31. The van der Waals surface area contributed by atoms with Gasteiger partial charge in [0.1, 0.15) is 11.9 Å². The third-order valence-electron chi connectivity index (χ3n) is 7.45. The zero-order valence-corrected chi connectivity index (χ0v) is 26.9. The van der Waals surface area contributed by atoms with Gasteiger partial charge in [0.05, 0.1) is 30.6 Å². The molecule has 1 fully saturated rings. The minimum absolute atomic E-state index is 0.0645. The van der Waals surface area contributed by atoms with Crippen LogP contribution < -0.4 is 16.4 Å². The number of likely N-dealkylation sites (tertiary alicyclic amines) is 1. The molecular formula is C33H36F3N5O6S. The number of halogens is 3. The lowest BCUT2D eigenvalue weighted by Crippen LogP contribution is -2.55. The number of thiophene rings is 1. The fourth-order valence-corrected chi connectivity index (χ4v) is 6.21. The lowest BCUT2D eigenvalue weighted by Gasteiger charge is -2.33. The molecule has 48 heavy (non-hydrogen) atoms. The summed E-state index contributed by atoms with van der Waals surface area (Å²) in [7, 11) is 0. The maximum absolute atomic E-state index is 14.4. The van der Waals surface area contributed by atoms with Crippen molar-refractivity contribution >= 4 is 41.0 Å². The lowest BCUT2D eigenvalue weighted by molar-refractivity contribution is -0.159. The van der Waals surface area contributed by atoms with E-state index in [9.17, 15) is 32.3 Å². The highest BCUT2D eigenvalue weighted by Gasteiger charge is 2.41. The van der Waals surface area contributed by atoms with Crippen LogP contribution in [0.4, 0.5) is 18.0 Å². The fraction of sp³-hybridized carbons (Fsp3) is 0.364. The van der Waals surface area contributed by atoms with Gasteiger partial charge in [-0.3, -0.25) is 19.7 Å². The summed E-state index contributed by atoms with van der Waals surface area (Å²) in [5, 5.41) is 5.97. The van der Waals surface area contributed by atoms with Crippen LogP contribution in [0, 0.1) is 0 Å². The smallest absolute Gasteiger partial charge is 0.435 e. The van der Waals surface area contributed by atoms with Gasteiger partial charge in [0.15, 0.2) is 6.61 Å². The van der Waals surface area contributed by atoms with Gasteiger partial charge in [-0.25, -0.2) is 4.79 Å². The molecule has 2 heterocycles. The van der Waals surface area contributed by atoms with Crippen molar-refractivity contribution in [3.05, 3.63) is 93.7 Å². The van der Waals surface area contributed by atoms with E-state index in [2.05, 4.69) is 20.4 Å². The van der Waals surface area contributed by atoms with E-state index in [0.717, 1.165) is 22.5 Å². The number of rotatable bonds is 13. The molecule has 1 aromatic heterocycles. The molecule has 1 aliphatic rings. The Morgan fingerprint density at radius 2 is 1.65 bits per heavy atom. The molecule has 0 radical (unpaired) electrons. The van der Waals surface area contributed by atoms with Crippen LogP contribution in [0.2, 0.25) is 0 Å². The number of benzene rings is 2. The van der Waals surface area contributed by atoms with Crippen LogP contribution in [-0.2, 0) is 30.4 Å². The van der Waals surface area contributed by atoms with Gasteiger partial charge in [0.2, 0.25) is 11.8 Å². The zero-order chi connectivity index (χ0) is 34.7. The molecule has 4 rings (SSSR count). The quantitative estimate of drug-likeness (QED) is 0.138. The average Bonchev–Trinajstić information content (AvgIpc) is 3.76. The Labute approximate surface area is 279 Å². The Bertz CT molecular complexity index is 1550. The van der Waals surface area contributed by atoms with E-state index in [1.54, 1.807) is 13.0 Å². The Kier molecular flexibility index (Phi) is 12.7. The van der Waals surface area contributed by atoms with E-state index in [1.165, 1.54) is 11.0 Å². The van der Waals surface area contributed by atoms with Crippen LogP contribution >= 0.6 is 11.3 Å². The summed E-state index contributed by atoms with van der Waals surface area (Å²) in [6.07, 6.45) is -5.15. The van der Waals surface area contributed by atoms with E-state index in [1.807, 2.05) is 60.7 Å². The molecule has 2 aromatic carbocycles. The molecule has 11 nitrogen and oxygen atoms in total. The summed E-state index contributed by atoms with van der Waals surface area (Å²) < 4.78 is 46.0. The first-order valence-electron chi connectivity index (χ1n) is 15.2. The Morgan fingerprint density at radius 1 is 1.00 bits per heavy atom. The topological polar surface area (TPSA) is 152 Å². The first-order chi connectivity index (χ1) is 23.0. The summed E-state index contributed by atoms with van der Waals surface area (Å²) in [5.41, 5.74) is 7.47. The molecule has 0 saturated carbocycles. The number of ether oxygens (including phenoxy) is 2. The van der Waals surface area contributed by atoms with Crippen LogP contribution in [0.25, 0.3) is 0 Å². The second-order valence-corrected chi connectivity index (χ2v) is 12.0. The highest BCUT2D eigenvalue weighted by molar-refractivity contribution is 7.14. The summed E-state index contributed by atoms with van der Waals surface area (Å²) in [4.78, 5) is 57.6. The molecule has 1 saturated heterocycles. The molecule has 3 aromatic rings. The number of aliphatic imine (C=N–C) groups is 1. The van der Waals surface area contributed by atoms with Gasteiger partial charge in [-0.2, -0.15) is 18.2 Å². The van der Waals surface area contributed by atoms with Gasteiger partial charge in [-0.1, -0.05) is 60.7 Å². The summed E-state index contributed by atoms with van der Waals surface area (Å²) in [6.45, 7) is 0.294. The SMILES string of the molecule is CCOC(=O)CN[C@@H](C(=O)N1CCC[C@H]1C(=O)NCc1ccc(/C(N)=N/C(=O)OCC(F)(F)F)s1)C(c1ccccc1)c1ccccc1. The predicted octanol–water partition coefficient (Wildman–Crippen LogP) is 4.11. The lowest BCUT2D eigenvalue weighted by atomic mass is 9.84. The zero-order valence-electron chi connectivity index (χ0n) is 26.1. The van der Waals surface area contributed by atoms with Crippen LogP contribution in [0.1, 0.15) is 46.6 Å². The number of alkyl halides is 3. The van der Waals surface area contributed by atoms with Crippen molar-refractivity contribution in [2.75, 3.05) is 26.3 Å². The molecule has 256 valence electrons. The van der Waals surface area contributed by atoms with E-state index >= 15 is 0 Å². The Balaban J connectivity index is 1.48. The highest BCUT2D eigenvalue weighted by atomic mass is 32.1. The van der Waals surface area contributed by atoms with Gasteiger partial charge in [-0.05, 0) is 43.0 Å². The monoisotopic (exact) mass is 687 g/mol. The third kappa shape index (κ3) is 10.1. The average molecular weight is 688 g/mol. The maximum Gasteiger partial charge on any atom is 0.435 e. The number of hydrogen-bond donors (Lipinski definition) is 3. The Hall–Kier alpha value is -4.76. The van der Waals surface area contributed by atoms with Gasteiger partial charge in [0.25, 0.3) is 0 Å². The second kappa shape index (κ2) is 16.9. The van der Waals surface area contributed by atoms with Crippen molar-refractivity contribution in [3.8, 4) is 0 Å². The molecular weight excluding hydrogens is 651 g/mol. The number of esters is 1. The summed E-state index contributed by atoms with van der Waals surface area (Å²) >= 11 is 1.08. The number of carbonyl (C=O) groups excluding carboxylic acids is 4. The van der Waals surface area contributed by atoms with E-state index < -0.39 is 42.8 Å². The number of hydrogen-bond acceptors (Lipinski definition) is 8. The largest absolute Gasteiger partial charge is 0.465 e. The van der Waals surface area contributed by atoms with Crippen LogP contribution in [0.5, 0.6) is 0 Å². The fourth-order valence-electron chi connectivity index (χ4n) is 5.36. The van der Waals surface area contributed by atoms with E-state index in [-0.39, 0.29) is 37.3 Å². The van der Waals surface area contributed by atoms with Crippen LogP contribution in [0.3, 0.4) is 0 Å². The molecule has 1 aliphatic heterocycles. The number of nitrogens with two attached hydrogens (primary N) is 1. The van der Waals surface area contributed by atoms with E-state index in [0.29, 0.717) is 29.1 Å². The third-order valence-corrected chi connectivity index (χ3v) is 8.56. The number of nitrogens with one attached hydrogen (secondary N) is 2. The van der Waals surface area contributed by atoms with Crippen molar-refractivity contribution in [1.29, 1.82) is 0 Å². The van der Waals surface area contributed by atoms with E-state index in [4.69, 9.17) is 10.5 Å². The normalized spacial score (nSPS) is 15.6. The first kappa shape index (κ1) is 36.1. The van der Waals surface area contributed by atoms with Crippen molar-refractivity contribution in [2.45, 2.75) is 50.5 Å². The molecule has 0 aliphatic carbocycles. The first-order valence-corrected chi connectivity index (χ1v) is 16.0.